The summed E-state index contributed by atoms with van der Waals surface area (Å²) in [6.07, 6.45) is 0. The lowest BCUT2D eigenvalue weighted by molar-refractivity contribution is 0.562. The van der Waals surface area contributed by atoms with Crippen molar-refractivity contribution in [1.29, 1.82) is 0 Å². The maximum absolute atomic E-state index is 13.4. The molecular weight excluding hydrogens is 234 g/mol. The molecule has 16 heavy (non-hydrogen) atoms. The molecule has 0 saturated carbocycles. The average Bonchev–Trinajstić information content (AvgIpc) is 2.56. The van der Waals surface area contributed by atoms with Crippen molar-refractivity contribution in [2.24, 2.45) is 0 Å². The fourth-order valence-electron chi connectivity index (χ4n) is 1.78. The molecule has 2 aromatic carbocycles. The second kappa shape index (κ2) is 3.19. The first-order chi connectivity index (χ1) is 7.65. The zero-order chi connectivity index (χ0) is 11.3. The van der Waals surface area contributed by atoms with Crippen molar-refractivity contribution in [3.63, 3.8) is 0 Å². The third-order valence-corrected chi connectivity index (χ3v) is 2.69. The fraction of sp³-hybridized carbons (Fsp3) is 0. The highest BCUT2D eigenvalue weighted by Crippen LogP contribution is 2.32. The summed E-state index contributed by atoms with van der Waals surface area (Å²) in [7, 11) is 0. The van der Waals surface area contributed by atoms with Gasteiger partial charge in [0.1, 0.15) is 11.4 Å². The van der Waals surface area contributed by atoms with E-state index in [0.29, 0.717) is 21.4 Å². The van der Waals surface area contributed by atoms with Gasteiger partial charge < -0.3 is 4.42 Å². The van der Waals surface area contributed by atoms with Gasteiger partial charge in [-0.1, -0.05) is 11.6 Å². The summed E-state index contributed by atoms with van der Waals surface area (Å²) in [5.74, 6) is -1.33. The van der Waals surface area contributed by atoms with Crippen molar-refractivity contribution in [2.45, 2.75) is 0 Å². The van der Waals surface area contributed by atoms with E-state index < -0.39 is 11.6 Å². The van der Waals surface area contributed by atoms with Crippen LogP contribution in [0.25, 0.3) is 21.9 Å². The van der Waals surface area contributed by atoms with Gasteiger partial charge in [-0.25, -0.2) is 8.78 Å². The molecule has 0 N–H and O–H groups in total. The third-order valence-electron chi connectivity index (χ3n) is 2.45. The van der Waals surface area contributed by atoms with E-state index in [1.54, 1.807) is 18.2 Å². The van der Waals surface area contributed by atoms with Gasteiger partial charge in [0.15, 0.2) is 11.4 Å². The van der Waals surface area contributed by atoms with E-state index in [2.05, 4.69) is 0 Å². The minimum atomic E-state index is -0.706. The van der Waals surface area contributed by atoms with E-state index in [0.717, 1.165) is 6.07 Å². The maximum atomic E-state index is 13.4. The third kappa shape index (κ3) is 1.28. The molecule has 0 spiro atoms. The Morgan fingerprint density at radius 3 is 2.62 bits per heavy atom. The van der Waals surface area contributed by atoms with Gasteiger partial charge in [-0.05, 0) is 18.2 Å². The zero-order valence-electron chi connectivity index (χ0n) is 7.93. The monoisotopic (exact) mass is 238 g/mol. The smallest absolute Gasteiger partial charge is 0.171 e. The first-order valence-corrected chi connectivity index (χ1v) is 5.00. The Balaban J connectivity index is 2.55. The van der Waals surface area contributed by atoms with Crippen molar-refractivity contribution < 1.29 is 13.2 Å². The molecule has 3 rings (SSSR count). The van der Waals surface area contributed by atoms with Gasteiger partial charge in [-0.2, -0.15) is 0 Å². The van der Waals surface area contributed by atoms with Gasteiger partial charge in [0.2, 0.25) is 0 Å². The van der Waals surface area contributed by atoms with Crippen molar-refractivity contribution in [3.05, 3.63) is 47.0 Å². The summed E-state index contributed by atoms with van der Waals surface area (Å²) >= 11 is 5.79. The van der Waals surface area contributed by atoms with Crippen LogP contribution in [0.15, 0.2) is 34.7 Å². The van der Waals surface area contributed by atoms with Crippen molar-refractivity contribution >= 4 is 33.5 Å². The van der Waals surface area contributed by atoms with Gasteiger partial charge in [-0.3, -0.25) is 0 Å². The molecule has 0 amide bonds. The van der Waals surface area contributed by atoms with Crippen LogP contribution in [0.1, 0.15) is 0 Å². The molecule has 0 saturated heterocycles. The van der Waals surface area contributed by atoms with Crippen LogP contribution < -0.4 is 0 Å². The van der Waals surface area contributed by atoms with Crippen LogP contribution >= 0.6 is 11.6 Å². The molecule has 0 bridgehead atoms. The molecule has 0 aliphatic rings. The summed E-state index contributed by atoms with van der Waals surface area (Å²) in [4.78, 5) is 0. The van der Waals surface area contributed by atoms with E-state index in [4.69, 9.17) is 16.0 Å². The van der Waals surface area contributed by atoms with Crippen molar-refractivity contribution in [2.75, 3.05) is 0 Å². The Morgan fingerprint density at radius 2 is 1.81 bits per heavy atom. The highest BCUT2D eigenvalue weighted by Gasteiger charge is 2.12. The van der Waals surface area contributed by atoms with Crippen molar-refractivity contribution in [3.8, 4) is 0 Å². The number of benzene rings is 2. The number of hydrogen-bond donors (Lipinski definition) is 0. The van der Waals surface area contributed by atoms with E-state index in [-0.39, 0.29) is 5.58 Å². The number of fused-ring (bicyclic) bond motifs is 3. The average molecular weight is 239 g/mol. The van der Waals surface area contributed by atoms with Gasteiger partial charge in [-0.15, -0.1) is 0 Å². The van der Waals surface area contributed by atoms with Crippen LogP contribution in [0.5, 0.6) is 0 Å². The predicted molar refractivity (Wildman–Crippen MR) is 58.6 cm³/mol. The lowest BCUT2D eigenvalue weighted by Crippen LogP contribution is -1.78. The minimum Gasteiger partial charge on any atom is -0.453 e. The Bertz CT molecular complexity index is 703. The summed E-state index contributed by atoms with van der Waals surface area (Å²) in [6.45, 7) is 0. The molecule has 1 nitrogen and oxygen atoms in total. The minimum absolute atomic E-state index is 0.0543. The largest absolute Gasteiger partial charge is 0.453 e. The number of hydrogen-bond acceptors (Lipinski definition) is 1. The first-order valence-electron chi connectivity index (χ1n) is 4.62. The van der Waals surface area contributed by atoms with E-state index in [1.165, 1.54) is 6.07 Å². The van der Waals surface area contributed by atoms with Crippen LogP contribution in [0.2, 0.25) is 5.02 Å². The molecular formula is C12H5ClF2O. The fourth-order valence-corrected chi connectivity index (χ4v) is 1.94. The molecule has 0 atom stereocenters. The molecule has 0 radical (unpaired) electrons. The van der Waals surface area contributed by atoms with Gasteiger partial charge in [0.05, 0.1) is 0 Å². The molecule has 0 unspecified atom stereocenters. The van der Waals surface area contributed by atoms with Crippen LogP contribution in [-0.4, -0.2) is 0 Å². The number of furan rings is 1. The summed E-state index contributed by atoms with van der Waals surface area (Å²) in [5, 5.41) is 1.56. The Kier molecular flexibility index (Phi) is 1.91. The lowest BCUT2D eigenvalue weighted by Gasteiger charge is -1.91. The van der Waals surface area contributed by atoms with E-state index >= 15 is 0 Å². The number of halogens is 3. The molecule has 1 heterocycles. The summed E-state index contributed by atoms with van der Waals surface area (Å²) < 4.78 is 31.8. The zero-order valence-corrected chi connectivity index (χ0v) is 8.68. The Labute approximate surface area is 94.2 Å². The molecule has 3 aromatic rings. The Hall–Kier alpha value is -1.61. The van der Waals surface area contributed by atoms with Gasteiger partial charge in [0, 0.05) is 27.9 Å². The second-order valence-electron chi connectivity index (χ2n) is 3.51. The van der Waals surface area contributed by atoms with Crippen LogP contribution in [0.4, 0.5) is 8.78 Å². The van der Waals surface area contributed by atoms with Gasteiger partial charge in [0.25, 0.3) is 0 Å². The molecule has 0 fully saturated rings. The molecule has 0 aliphatic heterocycles. The summed E-state index contributed by atoms with van der Waals surface area (Å²) in [6, 6.07) is 6.96. The van der Waals surface area contributed by atoms with Crippen LogP contribution in [0.3, 0.4) is 0 Å². The maximum Gasteiger partial charge on any atom is 0.171 e. The SMILES string of the molecule is Fc1cc(F)c2oc3cc(Cl)ccc3c2c1. The standard InChI is InChI=1S/C12H5ClF2O/c13-6-1-2-8-9-4-7(14)5-10(15)12(9)16-11(8)3-6/h1-5H. The number of rotatable bonds is 0. The molecule has 4 heteroatoms. The van der Waals surface area contributed by atoms with Crippen molar-refractivity contribution in [1.82, 2.24) is 0 Å². The molecule has 0 aliphatic carbocycles. The van der Waals surface area contributed by atoms with Crippen LogP contribution in [-0.2, 0) is 0 Å². The Morgan fingerprint density at radius 1 is 1.00 bits per heavy atom. The van der Waals surface area contributed by atoms with E-state index in [1.807, 2.05) is 0 Å². The normalized spacial score (nSPS) is 11.4. The van der Waals surface area contributed by atoms with Crippen LogP contribution in [0, 0.1) is 11.6 Å². The molecule has 80 valence electrons. The second-order valence-corrected chi connectivity index (χ2v) is 3.94. The lowest BCUT2D eigenvalue weighted by atomic mass is 10.1. The highest BCUT2D eigenvalue weighted by molar-refractivity contribution is 6.31. The van der Waals surface area contributed by atoms with E-state index in [9.17, 15) is 8.78 Å². The molecule has 1 aromatic heterocycles. The summed E-state index contributed by atoms with van der Waals surface area (Å²) in [5.41, 5.74) is 0.505. The predicted octanol–water partition coefficient (Wildman–Crippen LogP) is 4.52. The highest BCUT2D eigenvalue weighted by atomic mass is 35.5. The topological polar surface area (TPSA) is 13.1 Å². The first kappa shape index (κ1) is 9.60. The quantitative estimate of drug-likeness (QED) is 0.561. The van der Waals surface area contributed by atoms with Gasteiger partial charge >= 0.3 is 0 Å².